The van der Waals surface area contributed by atoms with Crippen LogP contribution < -0.4 is 5.32 Å². The van der Waals surface area contributed by atoms with Crippen LogP contribution in [0.2, 0.25) is 0 Å². The van der Waals surface area contributed by atoms with E-state index in [1.165, 1.54) is 11.1 Å². The zero-order chi connectivity index (χ0) is 12.4. The SMILES string of the molecule is CCC1=C(CO)NC(c2cccc(C)c2C)O1. The molecule has 0 saturated heterocycles. The van der Waals surface area contributed by atoms with Gasteiger partial charge in [-0.05, 0) is 25.0 Å². The van der Waals surface area contributed by atoms with Gasteiger partial charge in [0.1, 0.15) is 5.76 Å². The van der Waals surface area contributed by atoms with Gasteiger partial charge in [0.25, 0.3) is 0 Å². The quantitative estimate of drug-likeness (QED) is 0.843. The Balaban J connectivity index is 2.25. The third-order valence-electron chi connectivity index (χ3n) is 3.31. The number of nitrogens with one attached hydrogen (secondary N) is 1. The van der Waals surface area contributed by atoms with Crippen LogP contribution >= 0.6 is 0 Å². The summed E-state index contributed by atoms with van der Waals surface area (Å²) >= 11 is 0. The van der Waals surface area contributed by atoms with E-state index in [1.54, 1.807) is 0 Å². The zero-order valence-corrected chi connectivity index (χ0v) is 10.6. The highest BCUT2D eigenvalue weighted by atomic mass is 16.5. The number of hydrogen-bond donors (Lipinski definition) is 2. The monoisotopic (exact) mass is 233 g/mol. The summed E-state index contributed by atoms with van der Waals surface area (Å²) in [6, 6.07) is 6.19. The van der Waals surface area contributed by atoms with E-state index in [0.29, 0.717) is 0 Å². The molecule has 1 heterocycles. The molecule has 1 aromatic carbocycles. The first-order chi connectivity index (χ1) is 8.17. The average molecular weight is 233 g/mol. The lowest BCUT2D eigenvalue weighted by atomic mass is 10.0. The number of aryl methyl sites for hydroxylation is 1. The van der Waals surface area contributed by atoms with Crippen molar-refractivity contribution in [3.63, 3.8) is 0 Å². The van der Waals surface area contributed by atoms with Crippen molar-refractivity contribution in [2.24, 2.45) is 0 Å². The Bertz CT molecular complexity index is 436. The lowest BCUT2D eigenvalue weighted by Crippen LogP contribution is -2.18. The number of ether oxygens (including phenoxy) is 1. The minimum atomic E-state index is -0.160. The Kier molecular flexibility index (Phi) is 3.38. The number of rotatable bonds is 3. The first-order valence-electron chi connectivity index (χ1n) is 5.99. The van der Waals surface area contributed by atoms with Crippen LogP contribution in [0.1, 0.15) is 36.3 Å². The van der Waals surface area contributed by atoms with Crippen molar-refractivity contribution in [2.75, 3.05) is 6.61 Å². The summed E-state index contributed by atoms with van der Waals surface area (Å²) in [6.45, 7) is 6.22. The van der Waals surface area contributed by atoms with Gasteiger partial charge in [0.05, 0.1) is 12.3 Å². The number of allylic oxidation sites excluding steroid dienone is 1. The summed E-state index contributed by atoms with van der Waals surface area (Å²) in [5.41, 5.74) is 4.43. The lowest BCUT2D eigenvalue weighted by molar-refractivity contribution is 0.123. The molecule has 2 rings (SSSR count). The summed E-state index contributed by atoms with van der Waals surface area (Å²) in [4.78, 5) is 0. The standard InChI is InChI=1S/C14H19NO2/c1-4-13-12(8-16)15-14(17-13)11-7-5-6-9(2)10(11)3/h5-7,14-16H,4,8H2,1-3H3. The third kappa shape index (κ3) is 2.15. The van der Waals surface area contributed by atoms with Gasteiger partial charge < -0.3 is 15.2 Å². The maximum atomic E-state index is 9.26. The largest absolute Gasteiger partial charge is 0.469 e. The van der Waals surface area contributed by atoms with E-state index in [-0.39, 0.29) is 12.8 Å². The second-order valence-corrected chi connectivity index (χ2v) is 4.34. The minimum Gasteiger partial charge on any atom is -0.469 e. The molecule has 1 aliphatic rings. The molecule has 17 heavy (non-hydrogen) atoms. The molecule has 1 aliphatic heterocycles. The maximum Gasteiger partial charge on any atom is 0.196 e. The van der Waals surface area contributed by atoms with E-state index in [1.807, 2.05) is 13.0 Å². The molecule has 0 aromatic heterocycles. The Labute approximate surface area is 102 Å². The molecule has 1 unspecified atom stereocenters. The molecule has 92 valence electrons. The van der Waals surface area contributed by atoms with Crippen molar-refractivity contribution >= 4 is 0 Å². The van der Waals surface area contributed by atoms with E-state index in [2.05, 4.69) is 31.3 Å². The highest BCUT2D eigenvalue weighted by Gasteiger charge is 2.25. The fraction of sp³-hybridized carbons (Fsp3) is 0.429. The van der Waals surface area contributed by atoms with Gasteiger partial charge in [0, 0.05) is 12.0 Å². The molecule has 3 heteroatoms. The molecule has 0 saturated carbocycles. The number of benzene rings is 1. The van der Waals surface area contributed by atoms with E-state index in [0.717, 1.165) is 23.4 Å². The predicted octanol–water partition coefficient (Wildman–Crippen LogP) is 2.54. The van der Waals surface area contributed by atoms with Crippen molar-refractivity contribution in [2.45, 2.75) is 33.4 Å². The minimum absolute atomic E-state index is 0.00450. The summed E-state index contributed by atoms with van der Waals surface area (Å²) in [6.07, 6.45) is 0.636. The van der Waals surface area contributed by atoms with E-state index < -0.39 is 0 Å². The Hall–Kier alpha value is -1.48. The first kappa shape index (κ1) is 12.0. The molecule has 3 nitrogen and oxygen atoms in total. The van der Waals surface area contributed by atoms with Gasteiger partial charge in [-0.2, -0.15) is 0 Å². The van der Waals surface area contributed by atoms with Gasteiger partial charge in [-0.1, -0.05) is 25.1 Å². The highest BCUT2D eigenvalue weighted by Crippen LogP contribution is 2.30. The van der Waals surface area contributed by atoms with Gasteiger partial charge in [0.2, 0.25) is 0 Å². The van der Waals surface area contributed by atoms with E-state index in [9.17, 15) is 5.11 Å². The fourth-order valence-electron chi connectivity index (χ4n) is 2.11. The van der Waals surface area contributed by atoms with Crippen molar-refractivity contribution in [3.8, 4) is 0 Å². The summed E-state index contributed by atoms with van der Waals surface area (Å²) in [7, 11) is 0. The van der Waals surface area contributed by atoms with Crippen molar-refractivity contribution in [1.82, 2.24) is 5.32 Å². The van der Waals surface area contributed by atoms with Crippen LogP contribution in [0.5, 0.6) is 0 Å². The first-order valence-corrected chi connectivity index (χ1v) is 5.99. The van der Waals surface area contributed by atoms with Crippen LogP contribution in [-0.2, 0) is 4.74 Å². The Morgan fingerprint density at radius 2 is 2.12 bits per heavy atom. The van der Waals surface area contributed by atoms with Crippen LogP contribution in [0.25, 0.3) is 0 Å². The molecule has 1 aromatic rings. The smallest absolute Gasteiger partial charge is 0.196 e. The predicted molar refractivity (Wildman–Crippen MR) is 67.3 cm³/mol. The van der Waals surface area contributed by atoms with Crippen LogP contribution in [0.15, 0.2) is 29.7 Å². The van der Waals surface area contributed by atoms with E-state index >= 15 is 0 Å². The summed E-state index contributed by atoms with van der Waals surface area (Å²) in [5, 5.41) is 12.5. The molecular formula is C14H19NO2. The molecule has 0 amide bonds. The molecule has 0 aliphatic carbocycles. The van der Waals surface area contributed by atoms with Crippen molar-refractivity contribution in [1.29, 1.82) is 0 Å². The van der Waals surface area contributed by atoms with Crippen LogP contribution in [0.4, 0.5) is 0 Å². The topological polar surface area (TPSA) is 41.5 Å². The zero-order valence-electron chi connectivity index (χ0n) is 10.6. The second kappa shape index (κ2) is 4.80. The van der Waals surface area contributed by atoms with Gasteiger partial charge >= 0.3 is 0 Å². The van der Waals surface area contributed by atoms with Gasteiger partial charge in [-0.3, -0.25) is 0 Å². The van der Waals surface area contributed by atoms with Gasteiger partial charge in [0.15, 0.2) is 6.23 Å². The van der Waals surface area contributed by atoms with E-state index in [4.69, 9.17) is 4.74 Å². The molecule has 0 spiro atoms. The highest BCUT2D eigenvalue weighted by molar-refractivity contribution is 5.36. The molecule has 0 bridgehead atoms. The number of aliphatic hydroxyl groups excluding tert-OH is 1. The molecule has 2 N–H and O–H groups in total. The summed E-state index contributed by atoms with van der Waals surface area (Å²) < 4.78 is 5.84. The number of hydrogen-bond acceptors (Lipinski definition) is 3. The average Bonchev–Trinajstić information content (AvgIpc) is 2.75. The normalized spacial score (nSPS) is 19.2. The van der Waals surface area contributed by atoms with Crippen molar-refractivity contribution < 1.29 is 9.84 Å². The number of aliphatic hydroxyl groups is 1. The van der Waals surface area contributed by atoms with Crippen LogP contribution in [0.3, 0.4) is 0 Å². The molecular weight excluding hydrogens is 214 g/mol. The lowest BCUT2D eigenvalue weighted by Gasteiger charge is -2.17. The fourth-order valence-corrected chi connectivity index (χ4v) is 2.11. The molecule has 1 atom stereocenters. The van der Waals surface area contributed by atoms with Gasteiger partial charge in [-0.15, -0.1) is 0 Å². The summed E-state index contributed by atoms with van der Waals surface area (Å²) in [5.74, 6) is 0.860. The van der Waals surface area contributed by atoms with Gasteiger partial charge in [-0.25, -0.2) is 0 Å². The van der Waals surface area contributed by atoms with Crippen LogP contribution in [0, 0.1) is 13.8 Å². The third-order valence-corrected chi connectivity index (χ3v) is 3.31. The van der Waals surface area contributed by atoms with Crippen LogP contribution in [-0.4, -0.2) is 11.7 Å². The molecule has 0 radical (unpaired) electrons. The second-order valence-electron chi connectivity index (χ2n) is 4.34. The Morgan fingerprint density at radius 1 is 1.35 bits per heavy atom. The van der Waals surface area contributed by atoms with Crippen molar-refractivity contribution in [3.05, 3.63) is 46.3 Å². The molecule has 0 fully saturated rings. The maximum absolute atomic E-state index is 9.26. The Morgan fingerprint density at radius 3 is 2.71 bits per heavy atom.